The Kier molecular flexibility index (Phi) is 7.73. The minimum atomic E-state index is -0.518. The summed E-state index contributed by atoms with van der Waals surface area (Å²) in [5.41, 5.74) is 7.75. The number of carbonyl (C=O) groups excluding carboxylic acids is 1. The molecule has 3 aromatic rings. The molecule has 1 unspecified atom stereocenters. The molecule has 1 atom stereocenters. The van der Waals surface area contributed by atoms with Crippen LogP contribution in [0.3, 0.4) is 0 Å². The first-order chi connectivity index (χ1) is 17.6. The lowest BCUT2D eigenvalue weighted by molar-refractivity contribution is 0.00158. The standard InChI is InChI=1S/C25H30N6O4S/c26-24(33)18-14-21(17-4-5-23(27-15-17)31-8-12-35-13-9-31)36-25(18)29-22-3-1-2-19(28-22)20(16-32)30-6-10-34-11-7-30/h1-5,14-15,20,32H,6-13,16H2,(H2,26,33)(H,28,29). The van der Waals surface area contributed by atoms with Gasteiger partial charge in [0, 0.05) is 42.8 Å². The van der Waals surface area contributed by atoms with Crippen LogP contribution in [0, 0.1) is 0 Å². The molecule has 10 nitrogen and oxygen atoms in total. The maximum Gasteiger partial charge on any atom is 0.251 e. The second-order valence-electron chi connectivity index (χ2n) is 8.64. The quantitative estimate of drug-likeness (QED) is 0.418. The predicted molar refractivity (Wildman–Crippen MR) is 139 cm³/mol. The predicted octanol–water partition coefficient (Wildman–Crippen LogP) is 2.25. The summed E-state index contributed by atoms with van der Waals surface area (Å²) >= 11 is 1.42. The van der Waals surface area contributed by atoms with E-state index in [1.165, 1.54) is 11.3 Å². The van der Waals surface area contributed by atoms with E-state index in [0.29, 0.717) is 42.8 Å². The molecule has 11 heteroatoms. The third-order valence-electron chi connectivity index (χ3n) is 6.38. The monoisotopic (exact) mass is 510 g/mol. The van der Waals surface area contributed by atoms with Gasteiger partial charge in [0.1, 0.15) is 16.6 Å². The number of aliphatic hydroxyl groups excluding tert-OH is 1. The third-order valence-corrected chi connectivity index (χ3v) is 7.48. The van der Waals surface area contributed by atoms with Crippen LogP contribution in [0.1, 0.15) is 22.1 Å². The molecular formula is C25H30N6O4S. The number of nitrogens with two attached hydrogens (primary N) is 1. The van der Waals surface area contributed by atoms with Crippen LogP contribution in [0.2, 0.25) is 0 Å². The number of aromatic nitrogens is 2. The van der Waals surface area contributed by atoms with Crippen molar-refractivity contribution < 1.29 is 19.4 Å². The number of nitrogens with one attached hydrogen (secondary N) is 1. The average molecular weight is 511 g/mol. The molecule has 190 valence electrons. The molecule has 2 saturated heterocycles. The number of primary amides is 1. The fourth-order valence-corrected chi connectivity index (χ4v) is 5.49. The SMILES string of the molecule is NC(=O)c1cc(-c2ccc(N3CCOCC3)nc2)sc1Nc1cccc(C(CO)N2CCOCC2)n1. The number of carbonyl (C=O) groups is 1. The van der Waals surface area contributed by atoms with Crippen molar-refractivity contribution in [2.75, 3.05) is 69.4 Å². The van der Waals surface area contributed by atoms with E-state index in [1.807, 2.05) is 36.5 Å². The molecule has 4 N–H and O–H groups in total. The number of aliphatic hydroxyl groups is 1. The van der Waals surface area contributed by atoms with Crippen LogP contribution >= 0.6 is 11.3 Å². The molecule has 0 bridgehead atoms. The van der Waals surface area contributed by atoms with Crippen molar-refractivity contribution in [3.63, 3.8) is 0 Å². The Morgan fingerprint density at radius 1 is 1.11 bits per heavy atom. The Morgan fingerprint density at radius 2 is 1.86 bits per heavy atom. The van der Waals surface area contributed by atoms with Crippen molar-refractivity contribution in [2.45, 2.75) is 6.04 Å². The molecule has 5 heterocycles. The molecule has 2 aliphatic heterocycles. The number of hydrogen-bond acceptors (Lipinski definition) is 10. The van der Waals surface area contributed by atoms with Crippen molar-refractivity contribution in [2.24, 2.45) is 5.73 Å². The number of morpholine rings is 2. The fourth-order valence-electron chi connectivity index (χ4n) is 4.43. The molecule has 0 aromatic carbocycles. The summed E-state index contributed by atoms with van der Waals surface area (Å²) < 4.78 is 10.8. The number of hydrogen-bond donors (Lipinski definition) is 3. The van der Waals surface area contributed by atoms with Gasteiger partial charge >= 0.3 is 0 Å². The maximum atomic E-state index is 12.2. The Hall–Kier alpha value is -3.09. The van der Waals surface area contributed by atoms with E-state index >= 15 is 0 Å². The van der Waals surface area contributed by atoms with Gasteiger partial charge in [0.15, 0.2) is 0 Å². The van der Waals surface area contributed by atoms with E-state index < -0.39 is 5.91 Å². The molecular weight excluding hydrogens is 480 g/mol. The Labute approximate surface area is 213 Å². The summed E-state index contributed by atoms with van der Waals surface area (Å²) in [6.07, 6.45) is 1.82. The third kappa shape index (κ3) is 5.50. The zero-order chi connectivity index (χ0) is 24.9. The topological polar surface area (TPSA) is 126 Å². The van der Waals surface area contributed by atoms with Crippen LogP contribution in [-0.4, -0.2) is 85.1 Å². The fraction of sp³-hybridized carbons (Fsp3) is 0.400. The minimum absolute atomic E-state index is 0.0421. The number of pyridine rings is 2. The molecule has 5 rings (SSSR count). The van der Waals surface area contributed by atoms with Crippen LogP contribution in [0.15, 0.2) is 42.6 Å². The minimum Gasteiger partial charge on any atom is -0.394 e. The van der Waals surface area contributed by atoms with Gasteiger partial charge in [-0.3, -0.25) is 9.69 Å². The highest BCUT2D eigenvalue weighted by Crippen LogP contribution is 2.37. The van der Waals surface area contributed by atoms with Gasteiger partial charge in [-0.15, -0.1) is 11.3 Å². The highest BCUT2D eigenvalue weighted by molar-refractivity contribution is 7.19. The van der Waals surface area contributed by atoms with Gasteiger partial charge in [-0.1, -0.05) is 6.07 Å². The van der Waals surface area contributed by atoms with Gasteiger partial charge < -0.3 is 30.5 Å². The number of thiophene rings is 1. The van der Waals surface area contributed by atoms with E-state index in [4.69, 9.17) is 20.2 Å². The van der Waals surface area contributed by atoms with E-state index in [-0.39, 0.29) is 12.6 Å². The summed E-state index contributed by atoms with van der Waals surface area (Å²) in [7, 11) is 0. The van der Waals surface area contributed by atoms with Gasteiger partial charge in [0.05, 0.1) is 50.3 Å². The molecule has 0 spiro atoms. The molecule has 2 aliphatic rings. The van der Waals surface area contributed by atoms with Gasteiger partial charge in [-0.2, -0.15) is 0 Å². The maximum absolute atomic E-state index is 12.2. The van der Waals surface area contributed by atoms with Gasteiger partial charge in [-0.25, -0.2) is 9.97 Å². The first-order valence-corrected chi connectivity index (χ1v) is 12.8. The highest BCUT2D eigenvalue weighted by Gasteiger charge is 2.24. The van der Waals surface area contributed by atoms with Crippen molar-refractivity contribution >= 4 is 33.9 Å². The smallest absolute Gasteiger partial charge is 0.251 e. The molecule has 36 heavy (non-hydrogen) atoms. The summed E-state index contributed by atoms with van der Waals surface area (Å²) in [5, 5.41) is 13.9. The molecule has 3 aromatic heterocycles. The van der Waals surface area contributed by atoms with Crippen LogP contribution in [0.25, 0.3) is 10.4 Å². The Balaban J connectivity index is 1.36. The lowest BCUT2D eigenvalue weighted by atomic mass is 10.1. The van der Waals surface area contributed by atoms with Crippen molar-refractivity contribution in [1.29, 1.82) is 0 Å². The molecule has 0 radical (unpaired) electrons. The van der Waals surface area contributed by atoms with Crippen LogP contribution in [0.5, 0.6) is 0 Å². The zero-order valence-corrected chi connectivity index (χ0v) is 20.7. The zero-order valence-electron chi connectivity index (χ0n) is 19.9. The number of ether oxygens (including phenoxy) is 2. The number of amides is 1. The lowest BCUT2D eigenvalue weighted by Crippen LogP contribution is -2.40. The van der Waals surface area contributed by atoms with Crippen molar-refractivity contribution in [3.05, 3.63) is 53.9 Å². The van der Waals surface area contributed by atoms with E-state index in [2.05, 4.69) is 20.1 Å². The number of rotatable bonds is 8. The van der Waals surface area contributed by atoms with Crippen LogP contribution < -0.4 is 16.0 Å². The highest BCUT2D eigenvalue weighted by atomic mass is 32.1. The van der Waals surface area contributed by atoms with Crippen LogP contribution in [0.4, 0.5) is 16.6 Å². The first kappa shape index (κ1) is 24.6. The first-order valence-electron chi connectivity index (χ1n) is 12.0. The summed E-state index contributed by atoms with van der Waals surface area (Å²) in [5.74, 6) is 0.971. The van der Waals surface area contributed by atoms with E-state index in [9.17, 15) is 9.90 Å². The number of anilines is 3. The van der Waals surface area contributed by atoms with E-state index in [1.54, 1.807) is 6.07 Å². The summed E-state index contributed by atoms with van der Waals surface area (Å²) in [6.45, 7) is 5.75. The molecule has 2 fully saturated rings. The van der Waals surface area contributed by atoms with Gasteiger partial charge in [0.2, 0.25) is 0 Å². The lowest BCUT2D eigenvalue weighted by Gasteiger charge is -2.33. The van der Waals surface area contributed by atoms with Crippen molar-refractivity contribution in [3.8, 4) is 10.4 Å². The van der Waals surface area contributed by atoms with Gasteiger partial charge in [0.25, 0.3) is 5.91 Å². The molecule has 1 amide bonds. The summed E-state index contributed by atoms with van der Waals surface area (Å²) in [6, 6.07) is 11.2. The molecule has 0 saturated carbocycles. The largest absolute Gasteiger partial charge is 0.394 e. The van der Waals surface area contributed by atoms with Gasteiger partial charge in [-0.05, 0) is 30.3 Å². The number of nitrogens with zero attached hydrogens (tertiary/aromatic N) is 4. The second kappa shape index (κ2) is 11.3. The van der Waals surface area contributed by atoms with Crippen LogP contribution in [-0.2, 0) is 9.47 Å². The molecule has 0 aliphatic carbocycles. The Bertz CT molecular complexity index is 1180. The average Bonchev–Trinajstić information content (AvgIpc) is 3.35. The Morgan fingerprint density at radius 3 is 2.53 bits per heavy atom. The summed E-state index contributed by atoms with van der Waals surface area (Å²) in [4.78, 5) is 26.8. The normalized spacial score (nSPS) is 17.6. The second-order valence-corrected chi connectivity index (χ2v) is 9.69. The van der Waals surface area contributed by atoms with E-state index in [0.717, 1.165) is 48.1 Å². The van der Waals surface area contributed by atoms with Crippen molar-refractivity contribution in [1.82, 2.24) is 14.9 Å².